The Labute approximate surface area is 138 Å². The van der Waals surface area contributed by atoms with Gasteiger partial charge in [-0.3, -0.25) is 9.36 Å². The highest BCUT2D eigenvalue weighted by atomic mass is 35.5. The van der Waals surface area contributed by atoms with Crippen LogP contribution in [0.5, 0.6) is 5.88 Å². The van der Waals surface area contributed by atoms with Crippen LogP contribution in [0.4, 0.5) is 5.69 Å². The zero-order chi connectivity index (χ0) is 17.0. The van der Waals surface area contributed by atoms with E-state index < -0.39 is 5.56 Å². The smallest absolute Gasteiger partial charge is 0.271 e. The summed E-state index contributed by atoms with van der Waals surface area (Å²) < 4.78 is 1.00. The standard InChI is InChI=1S/C16H16ClN3O3/c1-10-13(8-18)15(22)20(5-6-21)16(23)14(10)9-19-12-4-2-3-11(17)7-12/h2-4,7,19,21,23H,5-6,9H2,1H3. The highest BCUT2D eigenvalue weighted by Crippen LogP contribution is 2.23. The van der Waals surface area contributed by atoms with Crippen molar-refractivity contribution in [2.24, 2.45) is 0 Å². The second kappa shape index (κ2) is 7.18. The van der Waals surface area contributed by atoms with Crippen molar-refractivity contribution in [3.05, 3.63) is 56.3 Å². The van der Waals surface area contributed by atoms with Crippen LogP contribution in [0.3, 0.4) is 0 Å². The molecule has 1 aromatic carbocycles. The number of aromatic hydroxyl groups is 1. The predicted molar refractivity (Wildman–Crippen MR) is 87.7 cm³/mol. The number of hydrogen-bond acceptors (Lipinski definition) is 5. The van der Waals surface area contributed by atoms with E-state index in [0.29, 0.717) is 16.1 Å². The van der Waals surface area contributed by atoms with Crippen molar-refractivity contribution in [3.8, 4) is 11.9 Å². The molecule has 7 heteroatoms. The average molecular weight is 334 g/mol. The van der Waals surface area contributed by atoms with E-state index in [1.807, 2.05) is 12.1 Å². The van der Waals surface area contributed by atoms with Crippen LogP contribution >= 0.6 is 11.6 Å². The fraction of sp³-hybridized carbons (Fsp3) is 0.250. The number of nitriles is 1. The minimum Gasteiger partial charge on any atom is -0.494 e. The highest BCUT2D eigenvalue weighted by Gasteiger charge is 2.18. The number of aromatic nitrogens is 1. The number of halogens is 1. The summed E-state index contributed by atoms with van der Waals surface area (Å²) in [7, 11) is 0. The maximum absolute atomic E-state index is 12.1. The van der Waals surface area contributed by atoms with Crippen LogP contribution in [0.2, 0.25) is 5.02 Å². The van der Waals surface area contributed by atoms with Gasteiger partial charge in [-0.25, -0.2) is 0 Å². The Morgan fingerprint density at radius 1 is 1.43 bits per heavy atom. The Morgan fingerprint density at radius 2 is 2.17 bits per heavy atom. The molecule has 0 spiro atoms. The van der Waals surface area contributed by atoms with E-state index in [-0.39, 0.29) is 31.1 Å². The Kier molecular flexibility index (Phi) is 5.27. The molecule has 2 aromatic rings. The summed E-state index contributed by atoms with van der Waals surface area (Å²) in [6.07, 6.45) is 0. The first kappa shape index (κ1) is 16.9. The van der Waals surface area contributed by atoms with Crippen molar-refractivity contribution < 1.29 is 10.2 Å². The van der Waals surface area contributed by atoms with Crippen LogP contribution in [0.15, 0.2) is 29.1 Å². The van der Waals surface area contributed by atoms with Gasteiger partial charge in [-0.2, -0.15) is 5.26 Å². The first-order chi connectivity index (χ1) is 11.0. The van der Waals surface area contributed by atoms with Crippen molar-refractivity contribution in [2.75, 3.05) is 11.9 Å². The van der Waals surface area contributed by atoms with Gasteiger partial charge in [0.2, 0.25) is 0 Å². The number of aliphatic hydroxyl groups is 1. The minimum atomic E-state index is -0.608. The van der Waals surface area contributed by atoms with Gasteiger partial charge in [-0.05, 0) is 30.7 Å². The molecule has 0 aliphatic heterocycles. The summed E-state index contributed by atoms with van der Waals surface area (Å²) in [5.74, 6) is -0.255. The van der Waals surface area contributed by atoms with Crippen molar-refractivity contribution in [2.45, 2.75) is 20.0 Å². The summed E-state index contributed by atoms with van der Waals surface area (Å²) in [6.45, 7) is 1.42. The lowest BCUT2D eigenvalue weighted by Crippen LogP contribution is -2.27. The van der Waals surface area contributed by atoms with Gasteiger partial charge in [-0.15, -0.1) is 0 Å². The molecule has 0 unspecified atom stereocenters. The Morgan fingerprint density at radius 3 is 2.78 bits per heavy atom. The summed E-state index contributed by atoms with van der Waals surface area (Å²) in [5.41, 5.74) is 0.935. The molecule has 1 aromatic heterocycles. The van der Waals surface area contributed by atoms with Gasteiger partial charge in [-0.1, -0.05) is 17.7 Å². The number of pyridine rings is 1. The lowest BCUT2D eigenvalue weighted by Gasteiger charge is -2.16. The third-order valence-corrected chi connectivity index (χ3v) is 3.78. The molecule has 3 N–H and O–H groups in total. The number of hydrogen-bond donors (Lipinski definition) is 3. The summed E-state index contributed by atoms with van der Waals surface area (Å²) in [4.78, 5) is 12.1. The molecule has 120 valence electrons. The van der Waals surface area contributed by atoms with Gasteiger partial charge in [0.1, 0.15) is 11.6 Å². The highest BCUT2D eigenvalue weighted by molar-refractivity contribution is 6.30. The van der Waals surface area contributed by atoms with Crippen LogP contribution in [0, 0.1) is 18.3 Å². The van der Waals surface area contributed by atoms with Crippen LogP contribution in [0.1, 0.15) is 16.7 Å². The SMILES string of the molecule is Cc1c(CNc2cccc(Cl)c2)c(O)n(CCO)c(=O)c1C#N. The number of rotatable bonds is 5. The summed E-state index contributed by atoms with van der Waals surface area (Å²) in [5, 5.41) is 32.2. The van der Waals surface area contributed by atoms with Crippen molar-refractivity contribution in [3.63, 3.8) is 0 Å². The molecular weight excluding hydrogens is 318 g/mol. The van der Waals surface area contributed by atoms with E-state index in [0.717, 1.165) is 10.3 Å². The summed E-state index contributed by atoms with van der Waals surface area (Å²) >= 11 is 5.92. The number of benzene rings is 1. The molecule has 0 aliphatic carbocycles. The molecule has 0 bridgehead atoms. The molecule has 6 nitrogen and oxygen atoms in total. The van der Waals surface area contributed by atoms with Crippen LogP contribution in [0.25, 0.3) is 0 Å². The number of aliphatic hydroxyl groups excluding tert-OH is 1. The topological polar surface area (TPSA) is 98.3 Å². The van der Waals surface area contributed by atoms with E-state index in [2.05, 4.69) is 5.32 Å². The van der Waals surface area contributed by atoms with E-state index in [1.165, 1.54) is 0 Å². The zero-order valence-electron chi connectivity index (χ0n) is 12.5. The molecule has 0 radical (unpaired) electrons. The Hall–Kier alpha value is -2.49. The van der Waals surface area contributed by atoms with Crippen molar-refractivity contribution in [1.82, 2.24) is 4.57 Å². The van der Waals surface area contributed by atoms with Gasteiger partial charge in [0.25, 0.3) is 5.56 Å². The molecule has 0 fully saturated rings. The second-order valence-corrected chi connectivity index (χ2v) is 5.39. The van der Waals surface area contributed by atoms with Gasteiger partial charge in [0.05, 0.1) is 13.2 Å². The fourth-order valence-electron chi connectivity index (χ4n) is 2.31. The fourth-order valence-corrected chi connectivity index (χ4v) is 2.50. The first-order valence-corrected chi connectivity index (χ1v) is 7.33. The molecule has 2 rings (SSSR count). The molecule has 0 saturated carbocycles. The van der Waals surface area contributed by atoms with Gasteiger partial charge in [0, 0.05) is 22.8 Å². The molecule has 0 aliphatic rings. The van der Waals surface area contributed by atoms with E-state index >= 15 is 0 Å². The quantitative estimate of drug-likeness (QED) is 0.777. The second-order valence-electron chi connectivity index (χ2n) is 4.96. The van der Waals surface area contributed by atoms with E-state index in [4.69, 9.17) is 16.7 Å². The van der Waals surface area contributed by atoms with Gasteiger partial charge < -0.3 is 15.5 Å². The third-order valence-electron chi connectivity index (χ3n) is 3.54. The normalized spacial score (nSPS) is 10.3. The Balaban J connectivity index is 2.43. The largest absolute Gasteiger partial charge is 0.494 e. The first-order valence-electron chi connectivity index (χ1n) is 6.95. The number of nitrogens with zero attached hydrogens (tertiary/aromatic N) is 2. The lowest BCUT2D eigenvalue weighted by molar-refractivity contribution is 0.263. The zero-order valence-corrected chi connectivity index (χ0v) is 13.3. The average Bonchev–Trinajstić information content (AvgIpc) is 2.52. The molecule has 0 saturated heterocycles. The number of anilines is 1. The van der Waals surface area contributed by atoms with Crippen molar-refractivity contribution >= 4 is 17.3 Å². The monoisotopic (exact) mass is 333 g/mol. The maximum atomic E-state index is 12.1. The van der Waals surface area contributed by atoms with Gasteiger partial charge >= 0.3 is 0 Å². The van der Waals surface area contributed by atoms with E-state index in [9.17, 15) is 15.2 Å². The molecule has 1 heterocycles. The minimum absolute atomic E-state index is 0.0425. The van der Waals surface area contributed by atoms with Gasteiger partial charge in [0.15, 0.2) is 5.88 Å². The van der Waals surface area contributed by atoms with Crippen LogP contribution in [-0.2, 0) is 13.1 Å². The molecule has 23 heavy (non-hydrogen) atoms. The van der Waals surface area contributed by atoms with Crippen molar-refractivity contribution in [1.29, 1.82) is 5.26 Å². The summed E-state index contributed by atoms with van der Waals surface area (Å²) in [6, 6.07) is 8.92. The molecule has 0 amide bonds. The van der Waals surface area contributed by atoms with Crippen LogP contribution < -0.4 is 10.9 Å². The molecule has 0 atom stereocenters. The lowest BCUT2D eigenvalue weighted by atomic mass is 10.1. The predicted octanol–water partition coefficient (Wildman–Crippen LogP) is 1.99. The van der Waals surface area contributed by atoms with E-state index in [1.54, 1.807) is 25.1 Å². The Bertz CT molecular complexity index is 825. The number of nitrogens with one attached hydrogen (secondary N) is 1. The maximum Gasteiger partial charge on any atom is 0.271 e. The van der Waals surface area contributed by atoms with Crippen LogP contribution in [-0.4, -0.2) is 21.4 Å². The molecular formula is C16H16ClN3O3. The third kappa shape index (κ3) is 3.47.